The van der Waals surface area contributed by atoms with E-state index in [9.17, 15) is 9.59 Å². The highest BCUT2D eigenvalue weighted by Gasteiger charge is 2.42. The Morgan fingerprint density at radius 1 is 1.46 bits per heavy atom. The van der Waals surface area contributed by atoms with E-state index in [1.807, 2.05) is 0 Å². The maximum absolute atomic E-state index is 10.5. The summed E-state index contributed by atoms with van der Waals surface area (Å²) in [7, 11) is 0. The molecule has 1 rings (SSSR count). The number of carbonyl (C=O) groups excluding carboxylic acids is 1. The van der Waals surface area contributed by atoms with Crippen LogP contribution in [0.25, 0.3) is 0 Å². The number of ether oxygens (including phenoxy) is 1. The number of aliphatic hydroxyl groups excluding tert-OH is 3. The molecule has 0 amide bonds. The average Bonchev–Trinajstić information content (AvgIpc) is 2.31. The second-order valence-corrected chi connectivity index (χ2v) is 2.34. The van der Waals surface area contributed by atoms with Crippen LogP contribution < -0.4 is 0 Å². The normalized spacial score (nSPS) is 24.4. The lowest BCUT2D eigenvalue weighted by molar-refractivity contribution is -0.159. The number of hydrogen-bond acceptors (Lipinski definition) is 6. The number of cyclic esters (lactones) is 1. The Morgan fingerprint density at radius 3 is 2.31 bits per heavy atom. The van der Waals surface area contributed by atoms with Crippen LogP contribution in [0.1, 0.15) is 0 Å². The monoisotopic (exact) mass is 190 g/mol. The van der Waals surface area contributed by atoms with Crippen molar-refractivity contribution >= 4 is 11.9 Å². The smallest absolute Gasteiger partial charge is 0.378 e. The Labute approximate surface area is 71.5 Å². The Balaban J connectivity index is 2.88. The van der Waals surface area contributed by atoms with Gasteiger partial charge in [-0.3, -0.25) is 0 Å². The van der Waals surface area contributed by atoms with Crippen molar-refractivity contribution < 1.29 is 34.8 Å². The van der Waals surface area contributed by atoms with Gasteiger partial charge in [-0.15, -0.1) is 0 Å². The van der Waals surface area contributed by atoms with E-state index in [4.69, 9.17) is 20.4 Å². The van der Waals surface area contributed by atoms with E-state index < -0.39 is 35.7 Å². The second kappa shape index (κ2) is 2.94. The largest absolute Gasteiger partial charge is 0.505 e. The summed E-state index contributed by atoms with van der Waals surface area (Å²) in [6, 6.07) is 0. The molecule has 0 aromatic rings. The molecule has 2 atom stereocenters. The summed E-state index contributed by atoms with van der Waals surface area (Å²) in [5.41, 5.74) is 0. The lowest BCUT2D eigenvalue weighted by atomic mass is 10.2. The third-order valence-corrected chi connectivity index (χ3v) is 1.48. The SMILES string of the molecule is O=C1OC(C(O)C(=O)O)C(O)=C1O. The third kappa shape index (κ3) is 1.41. The summed E-state index contributed by atoms with van der Waals surface area (Å²) < 4.78 is 4.17. The number of esters is 1. The van der Waals surface area contributed by atoms with Gasteiger partial charge < -0.3 is 25.2 Å². The first kappa shape index (κ1) is 9.33. The second-order valence-electron chi connectivity index (χ2n) is 2.34. The lowest BCUT2D eigenvalue weighted by Crippen LogP contribution is -2.35. The molecule has 1 aliphatic rings. The molecule has 7 nitrogen and oxygen atoms in total. The quantitative estimate of drug-likeness (QED) is 0.398. The predicted molar refractivity (Wildman–Crippen MR) is 35.8 cm³/mol. The van der Waals surface area contributed by atoms with Crippen LogP contribution in [-0.2, 0) is 14.3 Å². The van der Waals surface area contributed by atoms with Crippen molar-refractivity contribution in [3.63, 3.8) is 0 Å². The van der Waals surface area contributed by atoms with Gasteiger partial charge in [0, 0.05) is 0 Å². The molecule has 7 heteroatoms. The van der Waals surface area contributed by atoms with E-state index in [-0.39, 0.29) is 0 Å². The number of carboxylic acid groups (broad SMARTS) is 1. The Bertz CT molecular complexity index is 291. The van der Waals surface area contributed by atoms with Gasteiger partial charge in [-0.2, -0.15) is 0 Å². The zero-order chi connectivity index (χ0) is 10.2. The van der Waals surface area contributed by atoms with Gasteiger partial charge >= 0.3 is 11.9 Å². The molecule has 0 fully saturated rings. The van der Waals surface area contributed by atoms with Gasteiger partial charge in [0.25, 0.3) is 0 Å². The molecular weight excluding hydrogens is 184 g/mol. The third-order valence-electron chi connectivity index (χ3n) is 1.48. The van der Waals surface area contributed by atoms with Gasteiger partial charge in [-0.25, -0.2) is 9.59 Å². The molecule has 0 saturated carbocycles. The number of rotatable bonds is 2. The van der Waals surface area contributed by atoms with Gasteiger partial charge in [-0.05, 0) is 0 Å². The molecule has 2 unspecified atom stereocenters. The van der Waals surface area contributed by atoms with Gasteiger partial charge in [0.05, 0.1) is 0 Å². The Hall–Kier alpha value is -1.76. The number of aliphatic hydroxyl groups is 3. The molecule has 72 valence electrons. The minimum Gasteiger partial charge on any atom is -0.505 e. The first-order valence-corrected chi connectivity index (χ1v) is 3.19. The zero-order valence-electron chi connectivity index (χ0n) is 6.17. The van der Waals surface area contributed by atoms with E-state index in [0.717, 1.165) is 0 Å². The van der Waals surface area contributed by atoms with E-state index >= 15 is 0 Å². The minimum absolute atomic E-state index is 0.972. The molecule has 13 heavy (non-hydrogen) atoms. The van der Waals surface area contributed by atoms with Crippen molar-refractivity contribution in [3.05, 3.63) is 11.5 Å². The number of aliphatic carboxylic acids is 1. The molecular formula is C6H6O7. The highest BCUT2D eigenvalue weighted by molar-refractivity contribution is 5.90. The number of carboxylic acids is 1. The van der Waals surface area contributed by atoms with Crippen LogP contribution in [0.15, 0.2) is 11.5 Å². The van der Waals surface area contributed by atoms with Crippen LogP contribution in [0.4, 0.5) is 0 Å². The summed E-state index contributed by atoms with van der Waals surface area (Å²) in [5.74, 6) is -4.98. The summed E-state index contributed by atoms with van der Waals surface area (Å²) in [6.07, 6.45) is -3.82. The first-order chi connectivity index (χ1) is 5.95. The topological polar surface area (TPSA) is 124 Å². The molecule has 0 aliphatic carbocycles. The fraction of sp³-hybridized carbons (Fsp3) is 0.333. The average molecular weight is 190 g/mol. The summed E-state index contributed by atoms with van der Waals surface area (Å²) in [6.45, 7) is 0. The first-order valence-electron chi connectivity index (χ1n) is 3.19. The predicted octanol–water partition coefficient (Wildman–Crippen LogP) is -1.32. The fourth-order valence-corrected chi connectivity index (χ4v) is 0.810. The zero-order valence-corrected chi connectivity index (χ0v) is 6.17. The maximum atomic E-state index is 10.5. The van der Waals surface area contributed by atoms with E-state index in [0.29, 0.717) is 0 Å². The molecule has 1 heterocycles. The van der Waals surface area contributed by atoms with Gasteiger partial charge in [-0.1, -0.05) is 0 Å². The molecule has 0 aromatic carbocycles. The summed E-state index contributed by atoms with van der Waals surface area (Å²) >= 11 is 0. The van der Waals surface area contributed by atoms with Crippen molar-refractivity contribution in [1.82, 2.24) is 0 Å². The van der Waals surface area contributed by atoms with Gasteiger partial charge in [0.15, 0.2) is 18.0 Å². The van der Waals surface area contributed by atoms with Crippen LogP contribution >= 0.6 is 0 Å². The fourth-order valence-electron chi connectivity index (χ4n) is 0.810. The van der Waals surface area contributed by atoms with Crippen LogP contribution in [0.5, 0.6) is 0 Å². The minimum atomic E-state index is -2.09. The van der Waals surface area contributed by atoms with Crippen molar-refractivity contribution in [2.75, 3.05) is 0 Å². The van der Waals surface area contributed by atoms with Crippen LogP contribution in [0.2, 0.25) is 0 Å². The molecule has 0 aromatic heterocycles. The molecule has 0 bridgehead atoms. The molecule has 0 saturated heterocycles. The number of hydrogen-bond donors (Lipinski definition) is 4. The standard InChI is InChI=1S/C6H6O7/c7-1-2(8)6(12)13-4(1)3(9)5(10)11/h3-4,7-9H,(H,10,11). The lowest BCUT2D eigenvalue weighted by Gasteiger charge is -2.12. The summed E-state index contributed by atoms with van der Waals surface area (Å²) in [5, 5.41) is 34.8. The van der Waals surface area contributed by atoms with E-state index in [1.54, 1.807) is 0 Å². The van der Waals surface area contributed by atoms with Crippen molar-refractivity contribution in [2.24, 2.45) is 0 Å². The van der Waals surface area contributed by atoms with E-state index in [1.165, 1.54) is 0 Å². The molecule has 0 radical (unpaired) electrons. The van der Waals surface area contributed by atoms with Gasteiger partial charge in [0.1, 0.15) is 0 Å². The maximum Gasteiger partial charge on any atom is 0.378 e. The number of carbonyl (C=O) groups is 2. The van der Waals surface area contributed by atoms with E-state index in [2.05, 4.69) is 4.74 Å². The highest BCUT2D eigenvalue weighted by Crippen LogP contribution is 2.21. The highest BCUT2D eigenvalue weighted by atomic mass is 16.6. The molecule has 0 spiro atoms. The van der Waals surface area contributed by atoms with Crippen LogP contribution in [0, 0.1) is 0 Å². The molecule has 4 N–H and O–H groups in total. The van der Waals surface area contributed by atoms with Crippen LogP contribution in [0.3, 0.4) is 0 Å². The van der Waals surface area contributed by atoms with Gasteiger partial charge in [0.2, 0.25) is 5.76 Å². The summed E-state index contributed by atoms with van der Waals surface area (Å²) in [4.78, 5) is 20.7. The molecule has 1 aliphatic heterocycles. The van der Waals surface area contributed by atoms with Crippen LogP contribution in [-0.4, -0.2) is 44.6 Å². The Kier molecular flexibility index (Phi) is 2.11. The van der Waals surface area contributed by atoms with Crippen molar-refractivity contribution in [1.29, 1.82) is 0 Å². The van der Waals surface area contributed by atoms with Crippen molar-refractivity contribution in [3.8, 4) is 0 Å². The Morgan fingerprint density at radius 2 is 2.00 bits per heavy atom. The van der Waals surface area contributed by atoms with Crippen molar-refractivity contribution in [2.45, 2.75) is 12.2 Å².